The third kappa shape index (κ3) is 3.57. The van der Waals surface area contributed by atoms with Crippen molar-refractivity contribution in [2.75, 3.05) is 13.6 Å². The molecule has 3 heteroatoms. The molecule has 0 spiro atoms. The van der Waals surface area contributed by atoms with E-state index in [1.165, 1.54) is 37.8 Å². The highest BCUT2D eigenvalue weighted by Gasteiger charge is 2.16. The smallest absolute Gasteiger partial charge is 0.122 e. The van der Waals surface area contributed by atoms with E-state index in [2.05, 4.69) is 18.0 Å². The van der Waals surface area contributed by atoms with E-state index < -0.39 is 0 Å². The SMILES string of the molecule is CN(Cc1cccc(C(=N)N)c1)CC1CCCC1. The van der Waals surface area contributed by atoms with Crippen molar-refractivity contribution in [2.45, 2.75) is 32.2 Å². The molecule has 0 radical (unpaired) electrons. The number of nitrogens with one attached hydrogen (secondary N) is 1. The fraction of sp³-hybridized carbons (Fsp3) is 0.533. The first-order chi connectivity index (χ1) is 8.65. The quantitative estimate of drug-likeness (QED) is 0.619. The van der Waals surface area contributed by atoms with Crippen LogP contribution in [0.1, 0.15) is 36.8 Å². The number of nitrogen functional groups attached to an aromatic ring is 1. The molecule has 0 saturated heterocycles. The van der Waals surface area contributed by atoms with Gasteiger partial charge in [-0.1, -0.05) is 31.0 Å². The molecule has 1 aromatic rings. The molecule has 3 N–H and O–H groups in total. The Hall–Kier alpha value is -1.35. The van der Waals surface area contributed by atoms with Crippen molar-refractivity contribution in [2.24, 2.45) is 11.7 Å². The molecular formula is C15H23N3. The zero-order valence-electron chi connectivity index (χ0n) is 11.2. The van der Waals surface area contributed by atoms with Crippen molar-refractivity contribution in [1.29, 1.82) is 5.41 Å². The molecule has 1 aromatic carbocycles. The lowest BCUT2D eigenvalue weighted by Crippen LogP contribution is -2.24. The van der Waals surface area contributed by atoms with Crippen LogP contribution in [0.25, 0.3) is 0 Å². The van der Waals surface area contributed by atoms with Crippen molar-refractivity contribution in [1.82, 2.24) is 4.90 Å². The number of hydrogen-bond acceptors (Lipinski definition) is 2. The summed E-state index contributed by atoms with van der Waals surface area (Å²) in [5.74, 6) is 1.03. The average Bonchev–Trinajstić information content (AvgIpc) is 2.82. The molecule has 2 rings (SSSR count). The molecule has 1 fully saturated rings. The first kappa shape index (κ1) is 13.1. The Balaban J connectivity index is 1.91. The maximum absolute atomic E-state index is 7.46. The summed E-state index contributed by atoms with van der Waals surface area (Å²) < 4.78 is 0. The third-order valence-corrected chi connectivity index (χ3v) is 3.74. The average molecular weight is 245 g/mol. The molecule has 18 heavy (non-hydrogen) atoms. The van der Waals surface area contributed by atoms with Gasteiger partial charge in [0.2, 0.25) is 0 Å². The second-order valence-corrected chi connectivity index (χ2v) is 5.46. The van der Waals surface area contributed by atoms with E-state index >= 15 is 0 Å². The minimum Gasteiger partial charge on any atom is -0.384 e. The van der Waals surface area contributed by atoms with Gasteiger partial charge in [-0.3, -0.25) is 5.41 Å². The fourth-order valence-corrected chi connectivity index (χ4v) is 2.85. The normalized spacial score (nSPS) is 16.3. The Labute approximate surface area is 109 Å². The minimum absolute atomic E-state index is 0.148. The van der Waals surface area contributed by atoms with Gasteiger partial charge in [-0.05, 0) is 37.4 Å². The van der Waals surface area contributed by atoms with Gasteiger partial charge in [0.05, 0.1) is 0 Å². The van der Waals surface area contributed by atoms with Crippen LogP contribution in [0.15, 0.2) is 24.3 Å². The maximum Gasteiger partial charge on any atom is 0.122 e. The van der Waals surface area contributed by atoms with Crippen molar-refractivity contribution in [3.63, 3.8) is 0 Å². The molecule has 0 heterocycles. The predicted molar refractivity (Wildman–Crippen MR) is 75.8 cm³/mol. The van der Waals surface area contributed by atoms with Crippen LogP contribution in [-0.2, 0) is 6.54 Å². The van der Waals surface area contributed by atoms with Crippen LogP contribution in [0.2, 0.25) is 0 Å². The molecule has 0 bridgehead atoms. The lowest BCUT2D eigenvalue weighted by molar-refractivity contribution is 0.271. The molecule has 0 atom stereocenters. The van der Waals surface area contributed by atoms with Gasteiger partial charge in [-0.25, -0.2) is 0 Å². The summed E-state index contributed by atoms with van der Waals surface area (Å²) in [5, 5.41) is 7.46. The monoisotopic (exact) mass is 245 g/mol. The maximum atomic E-state index is 7.46. The molecule has 1 saturated carbocycles. The minimum atomic E-state index is 0.148. The summed E-state index contributed by atoms with van der Waals surface area (Å²) in [6.07, 6.45) is 5.58. The second kappa shape index (κ2) is 6.01. The Morgan fingerprint density at radius 1 is 1.39 bits per heavy atom. The van der Waals surface area contributed by atoms with E-state index in [1.54, 1.807) is 0 Å². The Kier molecular flexibility index (Phi) is 4.37. The number of amidine groups is 1. The Morgan fingerprint density at radius 3 is 2.78 bits per heavy atom. The van der Waals surface area contributed by atoms with Gasteiger partial charge in [-0.2, -0.15) is 0 Å². The zero-order valence-corrected chi connectivity index (χ0v) is 11.2. The fourth-order valence-electron chi connectivity index (χ4n) is 2.85. The summed E-state index contributed by atoms with van der Waals surface area (Å²) in [7, 11) is 2.18. The van der Waals surface area contributed by atoms with Crippen LogP contribution < -0.4 is 5.73 Å². The van der Waals surface area contributed by atoms with Gasteiger partial charge in [-0.15, -0.1) is 0 Å². The van der Waals surface area contributed by atoms with Crippen molar-refractivity contribution in [3.05, 3.63) is 35.4 Å². The number of nitrogens with two attached hydrogens (primary N) is 1. The second-order valence-electron chi connectivity index (χ2n) is 5.46. The lowest BCUT2D eigenvalue weighted by Gasteiger charge is -2.21. The van der Waals surface area contributed by atoms with Gasteiger partial charge in [0.25, 0.3) is 0 Å². The molecule has 0 aliphatic heterocycles. The van der Waals surface area contributed by atoms with Gasteiger partial charge >= 0.3 is 0 Å². The molecule has 1 aliphatic carbocycles. The van der Waals surface area contributed by atoms with Crippen LogP contribution in [0.5, 0.6) is 0 Å². The highest BCUT2D eigenvalue weighted by Crippen LogP contribution is 2.25. The topological polar surface area (TPSA) is 53.1 Å². The lowest BCUT2D eigenvalue weighted by atomic mass is 10.1. The highest BCUT2D eigenvalue weighted by atomic mass is 15.1. The van der Waals surface area contributed by atoms with Crippen LogP contribution in [0.3, 0.4) is 0 Å². The summed E-state index contributed by atoms with van der Waals surface area (Å²) in [4.78, 5) is 2.38. The summed E-state index contributed by atoms with van der Waals surface area (Å²) in [6, 6.07) is 8.00. The van der Waals surface area contributed by atoms with Gasteiger partial charge in [0.1, 0.15) is 5.84 Å². The van der Waals surface area contributed by atoms with E-state index in [1.807, 2.05) is 18.2 Å². The van der Waals surface area contributed by atoms with Gasteiger partial charge in [0, 0.05) is 18.7 Å². The van der Waals surface area contributed by atoms with Crippen molar-refractivity contribution < 1.29 is 0 Å². The van der Waals surface area contributed by atoms with Crippen LogP contribution >= 0.6 is 0 Å². The van der Waals surface area contributed by atoms with E-state index in [4.69, 9.17) is 11.1 Å². The predicted octanol–water partition coefficient (Wildman–Crippen LogP) is 2.59. The van der Waals surface area contributed by atoms with E-state index in [9.17, 15) is 0 Å². The molecule has 0 unspecified atom stereocenters. The number of nitrogens with zero attached hydrogens (tertiary/aromatic N) is 1. The number of rotatable bonds is 5. The van der Waals surface area contributed by atoms with Crippen LogP contribution in [0, 0.1) is 11.3 Å². The first-order valence-corrected chi connectivity index (χ1v) is 6.77. The molecule has 98 valence electrons. The molecule has 1 aliphatic rings. The number of hydrogen-bond donors (Lipinski definition) is 2. The summed E-state index contributed by atoms with van der Waals surface area (Å²) >= 11 is 0. The van der Waals surface area contributed by atoms with Gasteiger partial charge < -0.3 is 10.6 Å². The highest BCUT2D eigenvalue weighted by molar-refractivity contribution is 5.95. The number of benzene rings is 1. The third-order valence-electron chi connectivity index (χ3n) is 3.74. The summed E-state index contributed by atoms with van der Waals surface area (Å²) in [6.45, 7) is 2.13. The molecule has 0 amide bonds. The first-order valence-electron chi connectivity index (χ1n) is 6.77. The molecular weight excluding hydrogens is 222 g/mol. The van der Waals surface area contributed by atoms with Gasteiger partial charge in [0.15, 0.2) is 0 Å². The van der Waals surface area contributed by atoms with E-state index in [0.29, 0.717) is 0 Å². The molecule has 0 aromatic heterocycles. The van der Waals surface area contributed by atoms with Crippen LogP contribution in [-0.4, -0.2) is 24.3 Å². The Bertz CT molecular complexity index is 408. The van der Waals surface area contributed by atoms with Crippen molar-refractivity contribution >= 4 is 5.84 Å². The zero-order chi connectivity index (χ0) is 13.0. The van der Waals surface area contributed by atoms with E-state index in [-0.39, 0.29) is 5.84 Å². The molecule has 3 nitrogen and oxygen atoms in total. The Morgan fingerprint density at radius 2 is 2.11 bits per heavy atom. The van der Waals surface area contributed by atoms with Crippen LogP contribution in [0.4, 0.5) is 0 Å². The van der Waals surface area contributed by atoms with E-state index in [0.717, 1.165) is 18.0 Å². The van der Waals surface area contributed by atoms with Crippen molar-refractivity contribution in [3.8, 4) is 0 Å². The standard InChI is InChI=1S/C15H23N3/c1-18(10-12-5-2-3-6-12)11-13-7-4-8-14(9-13)15(16)17/h4,7-9,12H,2-3,5-6,10-11H2,1H3,(H3,16,17). The summed E-state index contributed by atoms with van der Waals surface area (Å²) in [5.41, 5.74) is 7.58. The largest absolute Gasteiger partial charge is 0.384 e.